The van der Waals surface area contributed by atoms with Crippen LogP contribution in [0.1, 0.15) is 43.6 Å². The van der Waals surface area contributed by atoms with E-state index in [9.17, 15) is 13.2 Å². The molecule has 1 saturated carbocycles. The number of thiazole rings is 1. The maximum atomic E-state index is 13.7. The zero-order valence-corrected chi connectivity index (χ0v) is 25.1. The number of rotatable bonds is 8. The molecule has 0 radical (unpaired) electrons. The molecular weight excluding hydrogens is 560 g/mol. The monoisotopic (exact) mass is 598 g/mol. The SMILES string of the molecule is CN1CCN(S(=O)(=O)c2ccc([C@@H](CC3CCCC3)C(=O)Nc3nc4ccc(N5CCOCC5)nc4s3)cc2)CC1. The Balaban J connectivity index is 1.20. The molecule has 1 N–H and O–H groups in total. The minimum atomic E-state index is -3.57. The summed E-state index contributed by atoms with van der Waals surface area (Å²) in [6.45, 7) is 5.40. The molecule has 10 nitrogen and oxygen atoms in total. The smallest absolute Gasteiger partial charge is 0.243 e. The zero-order valence-electron chi connectivity index (χ0n) is 23.5. The minimum Gasteiger partial charge on any atom is -0.378 e. The number of amides is 1. The Morgan fingerprint density at radius 1 is 1.00 bits per heavy atom. The van der Waals surface area contributed by atoms with Gasteiger partial charge in [0, 0.05) is 39.3 Å². The number of fused-ring (bicyclic) bond motifs is 1. The Labute approximate surface area is 245 Å². The number of likely N-dealkylation sites (N-methyl/N-ethyl adjacent to an activating group) is 1. The molecule has 1 aliphatic carbocycles. The van der Waals surface area contributed by atoms with Gasteiger partial charge in [-0.2, -0.15) is 4.31 Å². The number of piperazine rings is 1. The highest BCUT2D eigenvalue weighted by molar-refractivity contribution is 7.89. The molecule has 0 spiro atoms. The first-order valence-corrected chi connectivity index (χ1v) is 16.8. The van der Waals surface area contributed by atoms with Crippen LogP contribution in [-0.2, 0) is 19.6 Å². The van der Waals surface area contributed by atoms with Crippen LogP contribution in [0.15, 0.2) is 41.3 Å². The molecule has 2 aliphatic heterocycles. The average molecular weight is 599 g/mol. The van der Waals surface area contributed by atoms with Crippen LogP contribution >= 0.6 is 11.3 Å². The average Bonchev–Trinajstić information content (AvgIpc) is 3.65. The fourth-order valence-corrected chi connectivity index (χ4v) is 8.30. The molecule has 2 saturated heterocycles. The molecule has 0 bridgehead atoms. The van der Waals surface area contributed by atoms with Gasteiger partial charge < -0.3 is 19.9 Å². The Hall–Kier alpha value is -2.64. The van der Waals surface area contributed by atoms with Crippen LogP contribution in [0, 0.1) is 5.92 Å². The van der Waals surface area contributed by atoms with Gasteiger partial charge >= 0.3 is 0 Å². The summed E-state index contributed by atoms with van der Waals surface area (Å²) in [5.41, 5.74) is 1.59. The van der Waals surface area contributed by atoms with Crippen molar-refractivity contribution >= 4 is 48.6 Å². The number of pyridine rings is 1. The van der Waals surface area contributed by atoms with Crippen molar-refractivity contribution in [1.29, 1.82) is 0 Å². The van der Waals surface area contributed by atoms with E-state index in [0.29, 0.717) is 37.4 Å². The lowest BCUT2D eigenvalue weighted by atomic mass is 9.87. The van der Waals surface area contributed by atoms with Crippen molar-refractivity contribution in [1.82, 2.24) is 19.2 Å². The van der Waals surface area contributed by atoms with Gasteiger partial charge in [0.05, 0.1) is 24.0 Å². The number of nitrogens with zero attached hydrogens (tertiary/aromatic N) is 5. The van der Waals surface area contributed by atoms with Crippen LogP contribution in [0.4, 0.5) is 10.9 Å². The number of anilines is 2. The van der Waals surface area contributed by atoms with E-state index in [2.05, 4.69) is 20.1 Å². The predicted octanol–water partition coefficient (Wildman–Crippen LogP) is 3.77. The van der Waals surface area contributed by atoms with Crippen LogP contribution in [0.5, 0.6) is 0 Å². The molecule has 6 rings (SSSR count). The Morgan fingerprint density at radius 3 is 2.41 bits per heavy atom. The molecule has 1 aromatic carbocycles. The molecule has 4 heterocycles. The fourth-order valence-electron chi connectivity index (χ4n) is 6.05. The topological polar surface area (TPSA) is 108 Å². The highest BCUT2D eigenvalue weighted by Crippen LogP contribution is 2.36. The van der Waals surface area contributed by atoms with E-state index in [1.54, 1.807) is 16.4 Å². The molecule has 1 amide bonds. The number of benzene rings is 1. The van der Waals surface area contributed by atoms with E-state index in [1.807, 2.05) is 31.3 Å². The molecule has 12 heteroatoms. The van der Waals surface area contributed by atoms with Crippen molar-refractivity contribution in [3.63, 3.8) is 0 Å². The highest BCUT2D eigenvalue weighted by Gasteiger charge is 2.30. The second-order valence-corrected chi connectivity index (χ2v) is 14.2. The van der Waals surface area contributed by atoms with E-state index >= 15 is 0 Å². The van der Waals surface area contributed by atoms with Gasteiger partial charge in [-0.1, -0.05) is 49.2 Å². The first kappa shape index (κ1) is 28.5. The first-order chi connectivity index (χ1) is 19.9. The third-order valence-corrected chi connectivity index (χ3v) is 11.3. The molecule has 2 aromatic heterocycles. The van der Waals surface area contributed by atoms with Gasteiger partial charge in [0.2, 0.25) is 15.9 Å². The maximum absolute atomic E-state index is 13.7. The van der Waals surface area contributed by atoms with E-state index in [4.69, 9.17) is 9.72 Å². The van der Waals surface area contributed by atoms with E-state index < -0.39 is 10.0 Å². The summed E-state index contributed by atoms with van der Waals surface area (Å²) >= 11 is 1.38. The summed E-state index contributed by atoms with van der Waals surface area (Å²) < 4.78 is 33.5. The van der Waals surface area contributed by atoms with Crippen molar-refractivity contribution in [2.45, 2.75) is 42.9 Å². The summed E-state index contributed by atoms with van der Waals surface area (Å²) in [5, 5.41) is 3.60. The predicted molar refractivity (Wildman–Crippen MR) is 161 cm³/mol. The van der Waals surface area contributed by atoms with Crippen molar-refractivity contribution in [3.05, 3.63) is 42.0 Å². The molecule has 41 heavy (non-hydrogen) atoms. The number of sulfonamides is 1. The van der Waals surface area contributed by atoms with Gasteiger partial charge in [-0.15, -0.1) is 0 Å². The molecule has 3 aromatic rings. The number of carbonyl (C=O) groups excluding carboxylic acids is 1. The lowest BCUT2D eigenvalue weighted by Crippen LogP contribution is -2.47. The largest absolute Gasteiger partial charge is 0.378 e. The van der Waals surface area contributed by atoms with Gasteiger partial charge in [0.1, 0.15) is 16.2 Å². The fraction of sp³-hybridized carbons (Fsp3) is 0.552. The van der Waals surface area contributed by atoms with Crippen LogP contribution < -0.4 is 10.2 Å². The Bertz CT molecular complexity index is 1460. The van der Waals surface area contributed by atoms with Crippen molar-refractivity contribution in [3.8, 4) is 0 Å². The molecule has 0 unspecified atom stereocenters. The third kappa shape index (κ3) is 6.41. The summed E-state index contributed by atoms with van der Waals surface area (Å²) in [4.78, 5) is 28.6. The van der Waals surface area contributed by atoms with E-state index in [1.165, 1.54) is 24.2 Å². The number of hydrogen-bond donors (Lipinski definition) is 1. The van der Waals surface area contributed by atoms with E-state index in [-0.39, 0.29) is 16.7 Å². The van der Waals surface area contributed by atoms with Crippen molar-refractivity contribution < 1.29 is 17.9 Å². The highest BCUT2D eigenvalue weighted by atomic mass is 32.2. The lowest BCUT2D eigenvalue weighted by Gasteiger charge is -2.31. The number of aromatic nitrogens is 2. The number of nitrogens with one attached hydrogen (secondary N) is 1. The quantitative estimate of drug-likeness (QED) is 0.418. The maximum Gasteiger partial charge on any atom is 0.243 e. The third-order valence-electron chi connectivity index (χ3n) is 8.55. The molecule has 220 valence electrons. The number of carbonyl (C=O) groups is 1. The van der Waals surface area contributed by atoms with Crippen LogP contribution in [0.25, 0.3) is 10.3 Å². The van der Waals surface area contributed by atoms with Gasteiger partial charge in [0.25, 0.3) is 0 Å². The lowest BCUT2D eigenvalue weighted by molar-refractivity contribution is -0.118. The van der Waals surface area contributed by atoms with E-state index in [0.717, 1.165) is 67.2 Å². The van der Waals surface area contributed by atoms with Crippen LogP contribution in [0.3, 0.4) is 0 Å². The van der Waals surface area contributed by atoms with Crippen molar-refractivity contribution in [2.75, 3.05) is 69.7 Å². The second-order valence-electron chi connectivity index (χ2n) is 11.3. The summed E-state index contributed by atoms with van der Waals surface area (Å²) in [5.74, 6) is 0.877. The van der Waals surface area contributed by atoms with Crippen molar-refractivity contribution in [2.24, 2.45) is 5.92 Å². The van der Waals surface area contributed by atoms with Crippen LogP contribution in [-0.4, -0.2) is 93.0 Å². The standard InChI is InChI=1S/C29H38N6O4S2/c1-33-12-14-35(15-13-33)41(37,38)23-8-6-22(7-9-23)24(20-21-4-2-3-5-21)27(36)32-29-30-25-10-11-26(31-28(25)40-29)34-16-18-39-19-17-34/h6-11,21,24H,2-5,12-20H2,1H3,(H,30,32,36)/t24-/m1/s1. The van der Waals surface area contributed by atoms with Gasteiger partial charge in [0.15, 0.2) is 5.13 Å². The second kappa shape index (κ2) is 12.3. The molecule has 3 aliphatic rings. The summed E-state index contributed by atoms with van der Waals surface area (Å²) in [6, 6.07) is 10.9. The molecular formula is C29H38N6O4S2. The Kier molecular flexibility index (Phi) is 8.55. The Morgan fingerprint density at radius 2 is 1.71 bits per heavy atom. The number of morpholine rings is 1. The number of hydrogen-bond acceptors (Lipinski definition) is 9. The normalized spacial score (nSPS) is 20.5. The zero-order chi connectivity index (χ0) is 28.4. The van der Waals surface area contributed by atoms with Gasteiger partial charge in [-0.3, -0.25) is 4.79 Å². The first-order valence-electron chi connectivity index (χ1n) is 14.6. The molecule has 3 fully saturated rings. The van der Waals surface area contributed by atoms with Gasteiger partial charge in [-0.25, -0.2) is 18.4 Å². The van der Waals surface area contributed by atoms with Crippen LogP contribution in [0.2, 0.25) is 0 Å². The summed E-state index contributed by atoms with van der Waals surface area (Å²) in [6.07, 6.45) is 5.36. The minimum absolute atomic E-state index is 0.112. The van der Waals surface area contributed by atoms with Gasteiger partial charge in [-0.05, 0) is 49.2 Å². The summed E-state index contributed by atoms with van der Waals surface area (Å²) in [7, 11) is -1.56. The molecule has 1 atom stereocenters. The number of ether oxygens (including phenoxy) is 1.